The summed E-state index contributed by atoms with van der Waals surface area (Å²) in [5.41, 5.74) is 4.30. The number of hydrogen-bond acceptors (Lipinski definition) is 2. The standard InChI is InChI=1S/C10H13ClFNS/c11-9-4-3-8(14-9)5-10(12,6-13)7-1-2-7/h3-4,7H,1-2,5-6,13H2. The van der Waals surface area contributed by atoms with Gasteiger partial charge in [0.2, 0.25) is 0 Å². The molecule has 0 spiro atoms. The van der Waals surface area contributed by atoms with E-state index in [1.165, 1.54) is 11.3 Å². The highest BCUT2D eigenvalue weighted by atomic mass is 35.5. The van der Waals surface area contributed by atoms with E-state index in [1.807, 2.05) is 12.1 Å². The molecular weight excluding hydrogens is 221 g/mol. The first-order valence-electron chi connectivity index (χ1n) is 4.77. The second-order valence-corrected chi connectivity index (χ2v) is 5.70. The van der Waals surface area contributed by atoms with Gasteiger partial charge in [0.05, 0.1) is 4.34 Å². The monoisotopic (exact) mass is 233 g/mol. The lowest BCUT2D eigenvalue weighted by Gasteiger charge is -2.22. The third-order valence-corrected chi connectivity index (χ3v) is 3.98. The molecule has 1 aromatic heterocycles. The van der Waals surface area contributed by atoms with Crippen molar-refractivity contribution in [2.24, 2.45) is 11.7 Å². The van der Waals surface area contributed by atoms with Crippen LogP contribution in [-0.4, -0.2) is 12.2 Å². The Bertz CT molecular complexity index is 324. The molecule has 0 radical (unpaired) electrons. The van der Waals surface area contributed by atoms with Crippen molar-refractivity contribution in [1.29, 1.82) is 0 Å². The molecule has 0 aromatic carbocycles. The van der Waals surface area contributed by atoms with Crippen molar-refractivity contribution in [2.45, 2.75) is 24.9 Å². The smallest absolute Gasteiger partial charge is 0.130 e. The van der Waals surface area contributed by atoms with Crippen molar-refractivity contribution in [3.8, 4) is 0 Å². The molecule has 78 valence electrons. The maximum absolute atomic E-state index is 14.2. The Labute approximate surface area is 92.1 Å². The Kier molecular flexibility index (Phi) is 2.82. The first-order chi connectivity index (χ1) is 6.64. The van der Waals surface area contributed by atoms with E-state index in [4.69, 9.17) is 17.3 Å². The quantitative estimate of drug-likeness (QED) is 0.850. The predicted octanol–water partition coefficient (Wildman–Crippen LogP) is 3.02. The van der Waals surface area contributed by atoms with Crippen molar-refractivity contribution in [3.05, 3.63) is 21.3 Å². The molecule has 1 unspecified atom stereocenters. The number of nitrogens with two attached hydrogens (primary N) is 1. The first-order valence-corrected chi connectivity index (χ1v) is 5.97. The second kappa shape index (κ2) is 3.80. The van der Waals surface area contributed by atoms with Gasteiger partial charge in [0.25, 0.3) is 0 Å². The molecule has 14 heavy (non-hydrogen) atoms. The van der Waals surface area contributed by atoms with E-state index in [1.54, 1.807) is 0 Å². The fourth-order valence-electron chi connectivity index (χ4n) is 1.72. The average molecular weight is 234 g/mol. The van der Waals surface area contributed by atoms with E-state index in [9.17, 15) is 4.39 Å². The van der Waals surface area contributed by atoms with Crippen LogP contribution in [0.5, 0.6) is 0 Å². The molecular formula is C10H13ClFNS. The Hall–Kier alpha value is -0.120. The molecule has 4 heteroatoms. The zero-order valence-electron chi connectivity index (χ0n) is 7.80. The number of thiophene rings is 1. The highest BCUT2D eigenvalue weighted by Gasteiger charge is 2.44. The van der Waals surface area contributed by atoms with Gasteiger partial charge < -0.3 is 5.73 Å². The minimum absolute atomic E-state index is 0.118. The minimum Gasteiger partial charge on any atom is -0.328 e. The molecule has 1 aromatic rings. The molecule has 1 fully saturated rings. The average Bonchev–Trinajstić information content (AvgIpc) is 2.93. The van der Waals surface area contributed by atoms with E-state index in [0.717, 1.165) is 22.1 Å². The van der Waals surface area contributed by atoms with Gasteiger partial charge in [0, 0.05) is 17.8 Å². The van der Waals surface area contributed by atoms with Gasteiger partial charge in [-0.1, -0.05) is 11.6 Å². The lowest BCUT2D eigenvalue weighted by atomic mass is 9.95. The highest BCUT2D eigenvalue weighted by Crippen LogP contribution is 2.44. The Balaban J connectivity index is 2.07. The topological polar surface area (TPSA) is 26.0 Å². The molecule has 2 N–H and O–H groups in total. The second-order valence-electron chi connectivity index (χ2n) is 3.90. The van der Waals surface area contributed by atoms with Crippen molar-refractivity contribution >= 4 is 22.9 Å². The molecule has 1 aliphatic carbocycles. The molecule has 1 saturated carbocycles. The summed E-state index contributed by atoms with van der Waals surface area (Å²) in [5, 5.41) is 0. The van der Waals surface area contributed by atoms with E-state index in [2.05, 4.69) is 0 Å². The zero-order chi connectivity index (χ0) is 10.2. The fourth-order valence-corrected chi connectivity index (χ4v) is 2.92. The van der Waals surface area contributed by atoms with Gasteiger partial charge >= 0.3 is 0 Å². The van der Waals surface area contributed by atoms with Crippen LogP contribution in [0.3, 0.4) is 0 Å². The van der Waals surface area contributed by atoms with E-state index < -0.39 is 5.67 Å². The van der Waals surface area contributed by atoms with E-state index >= 15 is 0 Å². The normalized spacial score (nSPS) is 20.8. The minimum atomic E-state index is -1.20. The van der Waals surface area contributed by atoms with Gasteiger partial charge in [-0.3, -0.25) is 0 Å². The maximum atomic E-state index is 14.2. The molecule has 0 amide bonds. The fraction of sp³-hybridized carbons (Fsp3) is 0.600. The van der Waals surface area contributed by atoms with Crippen LogP contribution >= 0.6 is 22.9 Å². The summed E-state index contributed by atoms with van der Waals surface area (Å²) in [5.74, 6) is 0.174. The molecule has 0 saturated heterocycles. The molecule has 1 atom stereocenters. The zero-order valence-corrected chi connectivity index (χ0v) is 9.37. The summed E-state index contributed by atoms with van der Waals surface area (Å²) in [6.45, 7) is 0.118. The number of alkyl halides is 1. The Morgan fingerprint density at radius 1 is 1.57 bits per heavy atom. The van der Waals surface area contributed by atoms with Gasteiger partial charge in [-0.25, -0.2) is 4.39 Å². The van der Waals surface area contributed by atoms with Gasteiger partial charge in [0.1, 0.15) is 5.67 Å². The van der Waals surface area contributed by atoms with Crippen LogP contribution in [0.25, 0.3) is 0 Å². The predicted molar refractivity (Wildman–Crippen MR) is 58.7 cm³/mol. The third kappa shape index (κ3) is 2.10. The lowest BCUT2D eigenvalue weighted by Crippen LogP contribution is -2.37. The van der Waals surface area contributed by atoms with Crippen LogP contribution in [0.1, 0.15) is 17.7 Å². The van der Waals surface area contributed by atoms with Gasteiger partial charge in [-0.05, 0) is 30.9 Å². The molecule has 1 nitrogen and oxygen atoms in total. The van der Waals surface area contributed by atoms with Crippen LogP contribution < -0.4 is 5.73 Å². The molecule has 0 aliphatic heterocycles. The lowest BCUT2D eigenvalue weighted by molar-refractivity contribution is 0.144. The number of hydrogen-bond donors (Lipinski definition) is 1. The van der Waals surface area contributed by atoms with Gasteiger partial charge in [0.15, 0.2) is 0 Å². The van der Waals surface area contributed by atoms with Crippen molar-refractivity contribution < 1.29 is 4.39 Å². The Morgan fingerprint density at radius 2 is 2.29 bits per heavy atom. The van der Waals surface area contributed by atoms with Crippen molar-refractivity contribution in [1.82, 2.24) is 0 Å². The Morgan fingerprint density at radius 3 is 2.71 bits per heavy atom. The SMILES string of the molecule is NCC(F)(Cc1ccc(Cl)s1)C1CC1. The number of halogens is 2. The third-order valence-electron chi connectivity index (χ3n) is 2.75. The van der Waals surface area contributed by atoms with Crippen LogP contribution in [0.4, 0.5) is 4.39 Å². The van der Waals surface area contributed by atoms with E-state index in [-0.39, 0.29) is 12.5 Å². The summed E-state index contributed by atoms with van der Waals surface area (Å²) >= 11 is 7.24. The molecule has 1 aliphatic rings. The van der Waals surface area contributed by atoms with Gasteiger partial charge in [-0.2, -0.15) is 0 Å². The van der Waals surface area contributed by atoms with Crippen molar-refractivity contribution in [2.75, 3.05) is 6.54 Å². The summed E-state index contributed by atoms with van der Waals surface area (Å²) in [4.78, 5) is 0.995. The molecule has 0 bridgehead atoms. The first kappa shape index (κ1) is 10.4. The van der Waals surface area contributed by atoms with Crippen LogP contribution in [-0.2, 0) is 6.42 Å². The van der Waals surface area contributed by atoms with Crippen LogP contribution in [0.15, 0.2) is 12.1 Å². The maximum Gasteiger partial charge on any atom is 0.130 e. The van der Waals surface area contributed by atoms with Crippen LogP contribution in [0, 0.1) is 5.92 Å². The van der Waals surface area contributed by atoms with Crippen LogP contribution in [0.2, 0.25) is 4.34 Å². The number of rotatable bonds is 4. The largest absolute Gasteiger partial charge is 0.328 e. The summed E-state index contributed by atoms with van der Waals surface area (Å²) in [7, 11) is 0. The summed E-state index contributed by atoms with van der Waals surface area (Å²) in [6.07, 6.45) is 2.38. The molecule has 1 heterocycles. The highest BCUT2D eigenvalue weighted by molar-refractivity contribution is 7.16. The summed E-state index contributed by atoms with van der Waals surface area (Å²) < 4.78 is 15.0. The van der Waals surface area contributed by atoms with Crippen molar-refractivity contribution in [3.63, 3.8) is 0 Å². The molecule has 2 rings (SSSR count). The van der Waals surface area contributed by atoms with E-state index in [0.29, 0.717) is 6.42 Å². The van der Waals surface area contributed by atoms with Gasteiger partial charge in [-0.15, -0.1) is 11.3 Å². The summed E-state index contributed by atoms with van der Waals surface area (Å²) in [6, 6.07) is 3.70.